The van der Waals surface area contributed by atoms with Gasteiger partial charge in [0, 0.05) is 19.6 Å². The first-order valence-electron chi connectivity index (χ1n) is 16.5. The third-order valence-corrected chi connectivity index (χ3v) is 8.01. The molecular formula is C31H64NO7P. The molecule has 0 fully saturated rings. The molecule has 0 spiro atoms. The van der Waals surface area contributed by atoms with Gasteiger partial charge in [-0.25, -0.2) is 4.57 Å². The maximum Gasteiger partial charge on any atom is 0.472 e. The number of esters is 1. The molecule has 0 aromatic rings. The van der Waals surface area contributed by atoms with Crippen LogP contribution in [0.1, 0.15) is 155 Å². The highest BCUT2D eigenvalue weighted by atomic mass is 31.2. The van der Waals surface area contributed by atoms with Crippen LogP contribution in [0.4, 0.5) is 0 Å². The fourth-order valence-electron chi connectivity index (χ4n) is 4.58. The number of phosphoric acid groups is 1. The Morgan fingerprint density at radius 1 is 0.650 bits per heavy atom. The number of nitrogens with two attached hydrogens (primary N) is 1. The van der Waals surface area contributed by atoms with E-state index in [-0.39, 0.29) is 32.3 Å². The van der Waals surface area contributed by atoms with Crippen molar-refractivity contribution in [2.24, 2.45) is 5.73 Å². The molecule has 8 nitrogen and oxygen atoms in total. The van der Waals surface area contributed by atoms with Crippen molar-refractivity contribution < 1.29 is 32.8 Å². The van der Waals surface area contributed by atoms with Crippen LogP contribution in [0, 0.1) is 0 Å². The molecule has 0 radical (unpaired) electrons. The zero-order valence-corrected chi connectivity index (χ0v) is 27.0. The van der Waals surface area contributed by atoms with Gasteiger partial charge >= 0.3 is 13.8 Å². The van der Waals surface area contributed by atoms with Crippen LogP contribution >= 0.6 is 7.82 Å². The molecule has 0 saturated heterocycles. The van der Waals surface area contributed by atoms with Crippen molar-refractivity contribution >= 4 is 13.8 Å². The Morgan fingerprint density at radius 2 is 1.10 bits per heavy atom. The van der Waals surface area contributed by atoms with Gasteiger partial charge in [0.15, 0.2) is 0 Å². The van der Waals surface area contributed by atoms with E-state index >= 15 is 0 Å². The minimum absolute atomic E-state index is 0.0918. The molecular weight excluding hydrogens is 529 g/mol. The van der Waals surface area contributed by atoms with Crippen LogP contribution in [0.2, 0.25) is 0 Å². The van der Waals surface area contributed by atoms with E-state index in [2.05, 4.69) is 13.8 Å². The van der Waals surface area contributed by atoms with Gasteiger partial charge in [-0.05, 0) is 12.8 Å². The summed E-state index contributed by atoms with van der Waals surface area (Å²) in [6.45, 7) is 4.81. The maximum absolute atomic E-state index is 12.2. The summed E-state index contributed by atoms with van der Waals surface area (Å²) >= 11 is 0. The molecule has 0 aliphatic rings. The molecule has 40 heavy (non-hydrogen) atoms. The lowest BCUT2D eigenvalue weighted by atomic mass is 10.0. The lowest BCUT2D eigenvalue weighted by Crippen LogP contribution is -2.28. The van der Waals surface area contributed by atoms with Crippen molar-refractivity contribution in [2.45, 2.75) is 161 Å². The molecule has 0 amide bonds. The molecule has 0 aliphatic carbocycles. The van der Waals surface area contributed by atoms with Crippen LogP contribution in [0.3, 0.4) is 0 Å². The zero-order valence-electron chi connectivity index (χ0n) is 26.1. The summed E-state index contributed by atoms with van der Waals surface area (Å²) in [6.07, 6.45) is 26.0. The monoisotopic (exact) mass is 593 g/mol. The fourth-order valence-corrected chi connectivity index (χ4v) is 5.35. The van der Waals surface area contributed by atoms with E-state index in [4.69, 9.17) is 24.3 Å². The molecule has 0 aromatic carbocycles. The van der Waals surface area contributed by atoms with Crippen LogP contribution in [-0.4, -0.2) is 49.9 Å². The van der Waals surface area contributed by atoms with Crippen LogP contribution in [-0.2, 0) is 27.9 Å². The first-order valence-corrected chi connectivity index (χ1v) is 18.0. The van der Waals surface area contributed by atoms with Crippen molar-refractivity contribution in [3.05, 3.63) is 0 Å². The summed E-state index contributed by atoms with van der Waals surface area (Å²) in [5, 5.41) is 0. The number of phosphoric ester groups is 1. The van der Waals surface area contributed by atoms with Gasteiger partial charge in [0.2, 0.25) is 0 Å². The van der Waals surface area contributed by atoms with E-state index in [1.807, 2.05) is 0 Å². The van der Waals surface area contributed by atoms with Crippen molar-refractivity contribution in [3.8, 4) is 0 Å². The van der Waals surface area contributed by atoms with Crippen molar-refractivity contribution in [1.29, 1.82) is 0 Å². The Kier molecular flexibility index (Phi) is 29.6. The van der Waals surface area contributed by atoms with E-state index in [1.165, 1.54) is 96.3 Å². The lowest BCUT2D eigenvalue weighted by Gasteiger charge is -2.20. The highest BCUT2D eigenvalue weighted by Gasteiger charge is 2.25. The van der Waals surface area contributed by atoms with Gasteiger partial charge in [-0.15, -0.1) is 0 Å². The normalized spacial score (nSPS) is 13.8. The molecule has 240 valence electrons. The van der Waals surface area contributed by atoms with Gasteiger partial charge in [-0.3, -0.25) is 13.8 Å². The molecule has 0 rings (SSSR count). The Bertz CT molecular complexity index is 594. The largest absolute Gasteiger partial charge is 0.472 e. The molecule has 2 atom stereocenters. The van der Waals surface area contributed by atoms with E-state index in [0.29, 0.717) is 13.0 Å². The van der Waals surface area contributed by atoms with E-state index < -0.39 is 13.9 Å². The van der Waals surface area contributed by atoms with Gasteiger partial charge in [0.05, 0.1) is 19.8 Å². The van der Waals surface area contributed by atoms with Gasteiger partial charge < -0.3 is 20.1 Å². The number of unbranched alkanes of at least 4 members (excludes halogenated alkanes) is 19. The number of ether oxygens (including phenoxy) is 2. The van der Waals surface area contributed by atoms with E-state index in [1.54, 1.807) is 0 Å². The summed E-state index contributed by atoms with van der Waals surface area (Å²) in [7, 11) is -4.24. The van der Waals surface area contributed by atoms with Crippen LogP contribution in [0.15, 0.2) is 0 Å². The Hall–Kier alpha value is -0.500. The highest BCUT2D eigenvalue weighted by Crippen LogP contribution is 2.43. The van der Waals surface area contributed by atoms with Crippen LogP contribution in [0.5, 0.6) is 0 Å². The van der Waals surface area contributed by atoms with Crippen molar-refractivity contribution in [1.82, 2.24) is 0 Å². The number of carbonyl (C=O) groups excluding carboxylic acids is 1. The second-order valence-electron chi connectivity index (χ2n) is 11.0. The van der Waals surface area contributed by atoms with Gasteiger partial charge in [0.1, 0.15) is 6.10 Å². The third kappa shape index (κ3) is 29.0. The topological polar surface area (TPSA) is 117 Å². The summed E-state index contributed by atoms with van der Waals surface area (Å²) < 4.78 is 32.9. The molecule has 9 heteroatoms. The molecule has 3 N–H and O–H groups in total. The SMILES string of the molecule is CCCCCCCCCCCCCCCCCCCOCC(COP(=O)(O)OCCN)OC(=O)CCCCCC. The highest BCUT2D eigenvalue weighted by molar-refractivity contribution is 7.47. The minimum atomic E-state index is -4.24. The summed E-state index contributed by atoms with van der Waals surface area (Å²) in [5.41, 5.74) is 5.31. The third-order valence-electron chi connectivity index (χ3n) is 7.02. The number of hydrogen-bond acceptors (Lipinski definition) is 7. The second-order valence-corrected chi connectivity index (χ2v) is 12.5. The first kappa shape index (κ1) is 39.5. The molecule has 0 aliphatic heterocycles. The molecule has 0 bridgehead atoms. The van der Waals surface area contributed by atoms with Crippen molar-refractivity contribution in [2.75, 3.05) is 33.0 Å². The van der Waals surface area contributed by atoms with Gasteiger partial charge in [-0.2, -0.15) is 0 Å². The molecule has 0 saturated carbocycles. The first-order chi connectivity index (χ1) is 19.4. The van der Waals surface area contributed by atoms with E-state index in [9.17, 15) is 14.3 Å². The lowest BCUT2D eigenvalue weighted by molar-refractivity contribution is -0.154. The molecule has 0 heterocycles. The maximum atomic E-state index is 12.2. The van der Waals surface area contributed by atoms with E-state index in [0.717, 1.165) is 38.5 Å². The summed E-state index contributed by atoms with van der Waals surface area (Å²) in [4.78, 5) is 21.9. The van der Waals surface area contributed by atoms with Gasteiger partial charge in [-0.1, -0.05) is 136 Å². The van der Waals surface area contributed by atoms with Crippen LogP contribution in [0.25, 0.3) is 0 Å². The van der Waals surface area contributed by atoms with Gasteiger partial charge in [0.25, 0.3) is 0 Å². The summed E-state index contributed by atoms with van der Waals surface area (Å²) in [6, 6.07) is 0. The quantitative estimate of drug-likeness (QED) is 0.0452. The van der Waals surface area contributed by atoms with Crippen LogP contribution < -0.4 is 5.73 Å². The average Bonchev–Trinajstić information content (AvgIpc) is 2.94. The number of hydrogen-bond donors (Lipinski definition) is 2. The Balaban J connectivity index is 3.86. The molecule has 0 aromatic heterocycles. The fraction of sp³-hybridized carbons (Fsp3) is 0.968. The average molecular weight is 594 g/mol. The standard InChI is InChI=1S/C31H64NO7P/c1-3-5-7-9-10-11-12-13-14-15-16-17-18-19-20-21-23-26-36-28-30(29-38-40(34,35)37-27-25-32)39-31(33)24-22-8-6-4-2/h30H,3-29,32H2,1-2H3,(H,34,35). The Morgan fingerprint density at radius 3 is 1.57 bits per heavy atom. The Labute approximate surface area is 246 Å². The van der Waals surface area contributed by atoms with Crippen molar-refractivity contribution in [3.63, 3.8) is 0 Å². The predicted molar refractivity (Wildman–Crippen MR) is 164 cm³/mol. The zero-order chi connectivity index (χ0) is 29.6. The number of rotatable bonds is 32. The minimum Gasteiger partial charge on any atom is -0.457 e. The second kappa shape index (κ2) is 30.0. The molecule has 2 unspecified atom stereocenters. The predicted octanol–water partition coefficient (Wildman–Crippen LogP) is 8.63. The number of carbonyl (C=O) groups is 1. The smallest absolute Gasteiger partial charge is 0.457 e. The summed E-state index contributed by atoms with van der Waals surface area (Å²) in [5.74, 6) is -0.346.